The predicted octanol–water partition coefficient (Wildman–Crippen LogP) is 4.31. The van der Waals surface area contributed by atoms with Crippen LogP contribution in [0.5, 0.6) is 11.5 Å². The third kappa shape index (κ3) is 2.98. The first-order valence-electron chi connectivity index (χ1n) is 6.71. The topological polar surface area (TPSA) is 61.3 Å². The molecule has 3 aromatic rings. The molecule has 0 aliphatic heterocycles. The molecule has 0 atom stereocenters. The molecule has 0 amide bonds. The second-order valence-electron chi connectivity index (χ2n) is 4.79. The third-order valence-corrected chi connectivity index (χ3v) is 3.20. The maximum absolute atomic E-state index is 6.00. The molecule has 0 aliphatic carbocycles. The van der Waals surface area contributed by atoms with E-state index in [1.54, 1.807) is 0 Å². The molecule has 104 valence electrons. The summed E-state index contributed by atoms with van der Waals surface area (Å²) in [7, 11) is 0. The summed E-state index contributed by atoms with van der Waals surface area (Å²) in [4.78, 5) is 0. The van der Waals surface area contributed by atoms with E-state index in [0.29, 0.717) is 11.4 Å². The Labute approximate surface area is 123 Å². The van der Waals surface area contributed by atoms with Crippen LogP contribution in [0.25, 0.3) is 11.1 Å². The summed E-state index contributed by atoms with van der Waals surface area (Å²) in [5.41, 5.74) is 15.2. The lowest BCUT2D eigenvalue weighted by atomic mass is 10.0. The SMILES string of the molecule is Nc1cccc(-c2ccc(N)c(Oc3ccccc3)c2)c1. The van der Waals surface area contributed by atoms with Crippen molar-refractivity contribution in [3.63, 3.8) is 0 Å². The van der Waals surface area contributed by atoms with E-state index in [0.717, 1.165) is 22.6 Å². The maximum Gasteiger partial charge on any atom is 0.150 e. The van der Waals surface area contributed by atoms with E-state index >= 15 is 0 Å². The Morgan fingerprint density at radius 3 is 2.19 bits per heavy atom. The van der Waals surface area contributed by atoms with Gasteiger partial charge in [0.25, 0.3) is 0 Å². The number of rotatable bonds is 3. The normalized spacial score (nSPS) is 10.3. The van der Waals surface area contributed by atoms with Crippen molar-refractivity contribution >= 4 is 11.4 Å². The summed E-state index contributed by atoms with van der Waals surface area (Å²) in [6, 6.07) is 23.0. The van der Waals surface area contributed by atoms with Crippen LogP contribution in [0.4, 0.5) is 11.4 Å². The van der Waals surface area contributed by atoms with E-state index in [1.165, 1.54) is 0 Å². The number of anilines is 2. The van der Waals surface area contributed by atoms with E-state index in [2.05, 4.69) is 0 Å². The minimum Gasteiger partial charge on any atom is -0.455 e. The quantitative estimate of drug-likeness (QED) is 0.701. The average Bonchev–Trinajstić information content (AvgIpc) is 2.50. The van der Waals surface area contributed by atoms with Crippen LogP contribution in [-0.4, -0.2) is 0 Å². The highest BCUT2D eigenvalue weighted by atomic mass is 16.5. The highest BCUT2D eigenvalue weighted by Gasteiger charge is 2.06. The Kier molecular flexibility index (Phi) is 3.48. The molecule has 0 radical (unpaired) electrons. The van der Waals surface area contributed by atoms with Crippen molar-refractivity contribution in [2.24, 2.45) is 0 Å². The Bertz CT molecular complexity index is 754. The zero-order valence-corrected chi connectivity index (χ0v) is 11.5. The molecule has 21 heavy (non-hydrogen) atoms. The van der Waals surface area contributed by atoms with Gasteiger partial charge in [0.15, 0.2) is 5.75 Å². The molecule has 0 unspecified atom stereocenters. The van der Waals surface area contributed by atoms with Crippen molar-refractivity contribution in [2.75, 3.05) is 11.5 Å². The van der Waals surface area contributed by atoms with Gasteiger partial charge < -0.3 is 16.2 Å². The van der Waals surface area contributed by atoms with E-state index in [4.69, 9.17) is 16.2 Å². The van der Waals surface area contributed by atoms with Crippen molar-refractivity contribution in [1.29, 1.82) is 0 Å². The number of ether oxygens (including phenoxy) is 1. The summed E-state index contributed by atoms with van der Waals surface area (Å²) in [6.45, 7) is 0. The van der Waals surface area contributed by atoms with E-state index in [9.17, 15) is 0 Å². The highest BCUT2D eigenvalue weighted by molar-refractivity contribution is 5.72. The van der Waals surface area contributed by atoms with Crippen LogP contribution in [0.2, 0.25) is 0 Å². The van der Waals surface area contributed by atoms with Crippen molar-refractivity contribution in [1.82, 2.24) is 0 Å². The Morgan fingerprint density at radius 1 is 0.667 bits per heavy atom. The van der Waals surface area contributed by atoms with Crippen LogP contribution in [0.15, 0.2) is 72.8 Å². The average molecular weight is 276 g/mol. The zero-order chi connectivity index (χ0) is 14.7. The molecule has 0 heterocycles. The molecule has 3 nitrogen and oxygen atoms in total. The molecule has 0 saturated heterocycles. The van der Waals surface area contributed by atoms with Crippen LogP contribution in [-0.2, 0) is 0 Å². The molecule has 0 fully saturated rings. The standard InChI is InChI=1S/C18H16N2O/c19-15-6-4-5-13(11-15)14-9-10-17(20)18(12-14)21-16-7-2-1-3-8-16/h1-12H,19-20H2. The van der Waals surface area contributed by atoms with Crippen molar-refractivity contribution in [2.45, 2.75) is 0 Å². The van der Waals surface area contributed by atoms with Crippen molar-refractivity contribution in [3.05, 3.63) is 72.8 Å². The molecule has 4 N–H and O–H groups in total. The summed E-state index contributed by atoms with van der Waals surface area (Å²) in [6.07, 6.45) is 0. The first kappa shape index (κ1) is 13.1. The largest absolute Gasteiger partial charge is 0.455 e. The fourth-order valence-electron chi connectivity index (χ4n) is 2.14. The molecule has 0 bridgehead atoms. The van der Waals surface area contributed by atoms with E-state index in [-0.39, 0.29) is 0 Å². The van der Waals surface area contributed by atoms with Gasteiger partial charge in [-0.2, -0.15) is 0 Å². The molecule has 0 saturated carbocycles. The Morgan fingerprint density at radius 2 is 1.43 bits per heavy atom. The van der Waals surface area contributed by atoms with Gasteiger partial charge in [-0.1, -0.05) is 36.4 Å². The Hall–Kier alpha value is -2.94. The van der Waals surface area contributed by atoms with Gasteiger partial charge in [0, 0.05) is 5.69 Å². The van der Waals surface area contributed by atoms with Gasteiger partial charge in [0.1, 0.15) is 5.75 Å². The minimum absolute atomic E-state index is 0.603. The highest BCUT2D eigenvalue weighted by Crippen LogP contribution is 2.32. The van der Waals surface area contributed by atoms with Crippen molar-refractivity contribution in [3.8, 4) is 22.6 Å². The van der Waals surface area contributed by atoms with Crippen molar-refractivity contribution < 1.29 is 4.74 Å². The fourth-order valence-corrected chi connectivity index (χ4v) is 2.14. The smallest absolute Gasteiger partial charge is 0.150 e. The predicted molar refractivity (Wildman–Crippen MR) is 87.2 cm³/mol. The van der Waals surface area contributed by atoms with E-state index in [1.807, 2.05) is 72.8 Å². The number of nitrogens with two attached hydrogens (primary N) is 2. The number of benzene rings is 3. The minimum atomic E-state index is 0.603. The van der Waals surface area contributed by atoms with Crippen LogP contribution < -0.4 is 16.2 Å². The van der Waals surface area contributed by atoms with Crippen LogP contribution >= 0.6 is 0 Å². The maximum atomic E-state index is 6.00. The summed E-state index contributed by atoms with van der Waals surface area (Å²) in [5, 5.41) is 0. The summed E-state index contributed by atoms with van der Waals surface area (Å²) in [5.74, 6) is 1.40. The second kappa shape index (κ2) is 5.59. The van der Waals surface area contributed by atoms with Crippen LogP contribution in [0.1, 0.15) is 0 Å². The first-order chi connectivity index (χ1) is 10.2. The number of hydrogen-bond donors (Lipinski definition) is 2. The third-order valence-electron chi connectivity index (χ3n) is 3.20. The molecule has 3 heteroatoms. The molecular formula is C18H16N2O. The van der Waals surface area contributed by atoms with Gasteiger partial charge in [-0.25, -0.2) is 0 Å². The summed E-state index contributed by atoms with van der Waals surface area (Å²) < 4.78 is 5.85. The number of para-hydroxylation sites is 1. The molecular weight excluding hydrogens is 260 g/mol. The van der Waals surface area contributed by atoms with Gasteiger partial charge in [0.05, 0.1) is 5.69 Å². The molecule has 0 aliphatic rings. The fraction of sp³-hybridized carbons (Fsp3) is 0. The van der Waals surface area contributed by atoms with Gasteiger partial charge in [-0.15, -0.1) is 0 Å². The molecule has 0 aromatic heterocycles. The number of nitrogen functional groups attached to an aromatic ring is 2. The second-order valence-corrected chi connectivity index (χ2v) is 4.79. The van der Waals surface area contributed by atoms with Crippen LogP contribution in [0, 0.1) is 0 Å². The zero-order valence-electron chi connectivity index (χ0n) is 11.5. The molecule has 3 rings (SSSR count). The monoisotopic (exact) mass is 276 g/mol. The molecule has 3 aromatic carbocycles. The van der Waals surface area contributed by atoms with Crippen LogP contribution in [0.3, 0.4) is 0 Å². The van der Waals surface area contributed by atoms with Gasteiger partial charge >= 0.3 is 0 Å². The first-order valence-corrected chi connectivity index (χ1v) is 6.71. The number of hydrogen-bond acceptors (Lipinski definition) is 3. The van der Waals surface area contributed by atoms with Gasteiger partial charge in [-0.3, -0.25) is 0 Å². The lowest BCUT2D eigenvalue weighted by molar-refractivity contribution is 0.485. The Balaban J connectivity index is 1.97. The van der Waals surface area contributed by atoms with Gasteiger partial charge in [0.2, 0.25) is 0 Å². The lowest BCUT2D eigenvalue weighted by Crippen LogP contribution is -1.93. The lowest BCUT2D eigenvalue weighted by Gasteiger charge is -2.11. The van der Waals surface area contributed by atoms with Gasteiger partial charge in [-0.05, 0) is 47.5 Å². The van der Waals surface area contributed by atoms with E-state index < -0.39 is 0 Å². The summed E-state index contributed by atoms with van der Waals surface area (Å²) >= 11 is 0. The molecule has 0 spiro atoms.